The topological polar surface area (TPSA) is 48.1 Å². The van der Waals surface area contributed by atoms with Crippen LogP contribution in [0, 0.1) is 6.92 Å². The molecule has 0 fully saturated rings. The highest BCUT2D eigenvalue weighted by molar-refractivity contribution is 6.30. The van der Waals surface area contributed by atoms with E-state index < -0.39 is 0 Å². The number of ether oxygens (including phenoxy) is 1. The molecule has 1 atom stereocenters. The van der Waals surface area contributed by atoms with Gasteiger partial charge >= 0.3 is 0 Å². The first-order valence-corrected chi connectivity index (χ1v) is 7.55. The van der Waals surface area contributed by atoms with Crippen LogP contribution < -0.4 is 10.5 Å². The third-order valence-corrected chi connectivity index (χ3v) is 3.61. The third kappa shape index (κ3) is 4.73. The monoisotopic (exact) mass is 304 g/mol. The van der Waals surface area contributed by atoms with Gasteiger partial charge in [-0.3, -0.25) is 4.98 Å². The largest absolute Gasteiger partial charge is 0.487 e. The summed E-state index contributed by atoms with van der Waals surface area (Å²) in [7, 11) is 0. The van der Waals surface area contributed by atoms with Gasteiger partial charge in [0.25, 0.3) is 0 Å². The van der Waals surface area contributed by atoms with Crippen molar-refractivity contribution in [3.63, 3.8) is 0 Å². The minimum Gasteiger partial charge on any atom is -0.487 e. The molecule has 0 aliphatic rings. The zero-order valence-electron chi connectivity index (χ0n) is 12.5. The molecule has 0 spiro atoms. The smallest absolute Gasteiger partial charge is 0.141 e. The summed E-state index contributed by atoms with van der Waals surface area (Å²) in [5, 5.41) is 0.727. The lowest BCUT2D eigenvalue weighted by Gasteiger charge is -2.14. The number of rotatable bonds is 6. The second-order valence-electron chi connectivity index (χ2n) is 5.19. The van der Waals surface area contributed by atoms with Crippen molar-refractivity contribution in [3.8, 4) is 5.75 Å². The van der Waals surface area contributed by atoms with Gasteiger partial charge in [0.2, 0.25) is 0 Å². The van der Waals surface area contributed by atoms with E-state index in [0.29, 0.717) is 6.61 Å². The molecule has 21 heavy (non-hydrogen) atoms. The van der Waals surface area contributed by atoms with E-state index in [1.54, 1.807) is 0 Å². The normalized spacial score (nSPS) is 12.2. The Kier molecular flexibility index (Phi) is 5.59. The average molecular weight is 305 g/mol. The molecule has 0 amide bonds. The van der Waals surface area contributed by atoms with E-state index in [4.69, 9.17) is 22.1 Å². The molecule has 2 rings (SSSR count). The van der Waals surface area contributed by atoms with Gasteiger partial charge in [-0.15, -0.1) is 0 Å². The lowest BCUT2D eigenvalue weighted by Crippen LogP contribution is -2.22. The molecule has 1 aromatic carbocycles. The molecule has 1 unspecified atom stereocenters. The van der Waals surface area contributed by atoms with Crippen LogP contribution in [-0.4, -0.2) is 11.0 Å². The van der Waals surface area contributed by atoms with E-state index in [-0.39, 0.29) is 6.04 Å². The molecule has 2 N–H and O–H groups in total. The second-order valence-corrected chi connectivity index (χ2v) is 5.62. The Morgan fingerprint density at radius 1 is 1.19 bits per heavy atom. The van der Waals surface area contributed by atoms with E-state index in [2.05, 4.69) is 11.9 Å². The minimum atomic E-state index is 0.109. The summed E-state index contributed by atoms with van der Waals surface area (Å²) < 4.78 is 5.90. The highest BCUT2D eigenvalue weighted by Crippen LogP contribution is 2.20. The molecule has 0 aliphatic carbocycles. The van der Waals surface area contributed by atoms with Crippen molar-refractivity contribution in [2.24, 2.45) is 5.73 Å². The van der Waals surface area contributed by atoms with Crippen molar-refractivity contribution in [2.75, 3.05) is 0 Å². The molecule has 2 aromatic rings. The maximum atomic E-state index is 6.04. The first-order chi connectivity index (χ1) is 10.1. The summed E-state index contributed by atoms with van der Waals surface area (Å²) in [6.07, 6.45) is 1.65. The molecule has 112 valence electrons. The van der Waals surface area contributed by atoms with Crippen LogP contribution >= 0.6 is 11.6 Å². The van der Waals surface area contributed by atoms with Crippen LogP contribution in [-0.2, 0) is 13.0 Å². The van der Waals surface area contributed by atoms with Crippen LogP contribution in [0.4, 0.5) is 0 Å². The molecule has 0 aliphatic heterocycles. The molecule has 3 nitrogen and oxygen atoms in total. The van der Waals surface area contributed by atoms with Crippen molar-refractivity contribution in [3.05, 3.63) is 58.4 Å². The van der Waals surface area contributed by atoms with Crippen LogP contribution in [0.1, 0.15) is 30.3 Å². The summed E-state index contributed by atoms with van der Waals surface area (Å²) in [6.45, 7) is 4.55. The first kappa shape index (κ1) is 15.8. The summed E-state index contributed by atoms with van der Waals surface area (Å²) in [5.74, 6) is 0.805. The maximum Gasteiger partial charge on any atom is 0.141 e. The fraction of sp³-hybridized carbons (Fsp3) is 0.353. The van der Waals surface area contributed by atoms with Gasteiger partial charge in [-0.05, 0) is 43.2 Å². The number of aromatic nitrogens is 1. The number of nitrogens with two attached hydrogens (primary N) is 1. The Labute approximate surface area is 131 Å². The van der Waals surface area contributed by atoms with Crippen LogP contribution in [0.25, 0.3) is 0 Å². The van der Waals surface area contributed by atoms with Gasteiger partial charge in [0.15, 0.2) is 0 Å². The number of aryl methyl sites for hydroxylation is 1. The highest BCUT2D eigenvalue weighted by atomic mass is 35.5. The summed E-state index contributed by atoms with van der Waals surface area (Å²) >= 11 is 5.88. The van der Waals surface area contributed by atoms with Crippen molar-refractivity contribution in [1.29, 1.82) is 0 Å². The zero-order valence-corrected chi connectivity index (χ0v) is 13.2. The van der Waals surface area contributed by atoms with E-state index in [1.165, 1.54) is 0 Å². The summed E-state index contributed by atoms with van der Waals surface area (Å²) in [6, 6.07) is 11.7. The summed E-state index contributed by atoms with van der Waals surface area (Å²) in [5.41, 5.74) is 9.02. The van der Waals surface area contributed by atoms with E-state index in [1.807, 2.05) is 43.3 Å². The lowest BCUT2D eigenvalue weighted by molar-refractivity contribution is 0.300. The standard InChI is InChI=1S/C17H21ClN2O/c1-3-15(19)10-16-17(9-4-12(2)20-16)21-11-13-5-7-14(18)8-6-13/h4-9,15H,3,10-11,19H2,1-2H3. The van der Waals surface area contributed by atoms with Crippen molar-refractivity contribution >= 4 is 11.6 Å². The Morgan fingerprint density at radius 3 is 2.57 bits per heavy atom. The average Bonchev–Trinajstić information content (AvgIpc) is 2.48. The Balaban J connectivity index is 2.09. The van der Waals surface area contributed by atoms with Gasteiger partial charge in [-0.2, -0.15) is 0 Å². The number of hydrogen-bond donors (Lipinski definition) is 1. The van der Waals surface area contributed by atoms with Crippen LogP contribution in [0.2, 0.25) is 5.02 Å². The molecular weight excluding hydrogens is 284 g/mol. The predicted molar refractivity (Wildman–Crippen MR) is 86.7 cm³/mol. The zero-order chi connectivity index (χ0) is 15.2. The Bertz CT molecular complexity index is 584. The Morgan fingerprint density at radius 2 is 1.90 bits per heavy atom. The molecule has 0 saturated carbocycles. The van der Waals surface area contributed by atoms with Crippen molar-refractivity contribution in [2.45, 2.75) is 39.3 Å². The SMILES string of the molecule is CCC(N)Cc1nc(C)ccc1OCc1ccc(Cl)cc1. The first-order valence-electron chi connectivity index (χ1n) is 7.18. The van der Waals surface area contributed by atoms with Crippen LogP contribution in [0.15, 0.2) is 36.4 Å². The number of nitrogens with zero attached hydrogens (tertiary/aromatic N) is 1. The molecule has 1 aromatic heterocycles. The quantitative estimate of drug-likeness (QED) is 0.880. The molecule has 0 saturated heterocycles. The molecule has 1 heterocycles. The maximum absolute atomic E-state index is 6.04. The second kappa shape index (κ2) is 7.43. The van der Waals surface area contributed by atoms with Gasteiger partial charge in [0.05, 0.1) is 5.69 Å². The summed E-state index contributed by atoms with van der Waals surface area (Å²) in [4.78, 5) is 4.56. The molecule has 4 heteroatoms. The van der Waals surface area contributed by atoms with Crippen LogP contribution in [0.5, 0.6) is 5.75 Å². The van der Waals surface area contributed by atoms with Gasteiger partial charge < -0.3 is 10.5 Å². The number of benzene rings is 1. The van der Waals surface area contributed by atoms with Gasteiger partial charge in [0, 0.05) is 23.2 Å². The number of hydrogen-bond acceptors (Lipinski definition) is 3. The lowest BCUT2D eigenvalue weighted by atomic mass is 10.1. The molecule has 0 bridgehead atoms. The Hall–Kier alpha value is -1.58. The highest BCUT2D eigenvalue weighted by Gasteiger charge is 2.10. The van der Waals surface area contributed by atoms with E-state index >= 15 is 0 Å². The van der Waals surface area contributed by atoms with Crippen molar-refractivity contribution < 1.29 is 4.74 Å². The van der Waals surface area contributed by atoms with Crippen molar-refractivity contribution in [1.82, 2.24) is 4.98 Å². The molecule has 0 radical (unpaired) electrons. The van der Waals surface area contributed by atoms with E-state index in [0.717, 1.165) is 40.6 Å². The number of pyridine rings is 1. The number of halogens is 1. The van der Waals surface area contributed by atoms with Gasteiger partial charge in [0.1, 0.15) is 12.4 Å². The molecular formula is C17H21ClN2O. The fourth-order valence-corrected chi connectivity index (χ4v) is 2.14. The van der Waals surface area contributed by atoms with Gasteiger partial charge in [-0.25, -0.2) is 0 Å². The predicted octanol–water partition coefficient (Wildman–Crippen LogP) is 3.90. The van der Waals surface area contributed by atoms with Gasteiger partial charge in [-0.1, -0.05) is 30.7 Å². The fourth-order valence-electron chi connectivity index (χ4n) is 2.01. The minimum absolute atomic E-state index is 0.109. The third-order valence-electron chi connectivity index (χ3n) is 3.36. The van der Waals surface area contributed by atoms with E-state index in [9.17, 15) is 0 Å². The van der Waals surface area contributed by atoms with Crippen LogP contribution in [0.3, 0.4) is 0 Å².